The van der Waals surface area contributed by atoms with Crippen LogP contribution in [0.4, 0.5) is 0 Å². The Morgan fingerprint density at radius 3 is 2.40 bits per heavy atom. The third-order valence-corrected chi connectivity index (χ3v) is 2.83. The molecule has 0 aromatic rings. The summed E-state index contributed by atoms with van der Waals surface area (Å²) < 4.78 is 21.9. The summed E-state index contributed by atoms with van der Waals surface area (Å²) >= 11 is 0. The Morgan fingerprint density at radius 1 is 1.20 bits per heavy atom. The number of aliphatic hydroxyl groups excluding tert-OH is 1. The van der Waals surface area contributed by atoms with Gasteiger partial charge in [-0.2, -0.15) is 0 Å². The lowest BCUT2D eigenvalue weighted by Gasteiger charge is -2.37. The van der Waals surface area contributed by atoms with Gasteiger partial charge >= 0.3 is 0 Å². The van der Waals surface area contributed by atoms with Gasteiger partial charge in [-0.3, -0.25) is 0 Å². The van der Waals surface area contributed by atoms with Gasteiger partial charge in [0.25, 0.3) is 0 Å². The predicted molar refractivity (Wildman–Crippen MR) is 51.2 cm³/mol. The summed E-state index contributed by atoms with van der Waals surface area (Å²) in [6, 6.07) is 0. The lowest BCUT2D eigenvalue weighted by molar-refractivity contribution is -0.262. The zero-order valence-electron chi connectivity index (χ0n) is 9.47. The monoisotopic (exact) mass is 218 g/mol. The number of hydrogen-bond acceptors (Lipinski definition) is 5. The molecule has 2 fully saturated rings. The van der Waals surface area contributed by atoms with Gasteiger partial charge in [0.15, 0.2) is 12.1 Å². The van der Waals surface area contributed by atoms with E-state index in [2.05, 4.69) is 0 Å². The summed E-state index contributed by atoms with van der Waals surface area (Å²) in [4.78, 5) is 0. The van der Waals surface area contributed by atoms with Crippen molar-refractivity contribution in [1.29, 1.82) is 0 Å². The molecule has 5 atom stereocenters. The van der Waals surface area contributed by atoms with Gasteiger partial charge < -0.3 is 24.1 Å². The third kappa shape index (κ3) is 1.90. The molecule has 0 aliphatic carbocycles. The Labute approximate surface area is 89.3 Å². The van der Waals surface area contributed by atoms with Crippen LogP contribution in [0.2, 0.25) is 0 Å². The van der Waals surface area contributed by atoms with Crippen LogP contribution in [-0.4, -0.2) is 48.7 Å². The van der Waals surface area contributed by atoms with E-state index in [-0.39, 0.29) is 18.3 Å². The van der Waals surface area contributed by atoms with Gasteiger partial charge in [0, 0.05) is 7.11 Å². The van der Waals surface area contributed by atoms with Crippen LogP contribution in [0.25, 0.3) is 0 Å². The van der Waals surface area contributed by atoms with E-state index in [0.29, 0.717) is 0 Å². The van der Waals surface area contributed by atoms with Crippen LogP contribution in [0.15, 0.2) is 0 Å². The first-order valence-electron chi connectivity index (χ1n) is 5.16. The predicted octanol–water partition coefficient (Wildman–Crippen LogP) is 0.259. The molecule has 2 heterocycles. The normalized spacial score (nSPS) is 49.0. The van der Waals surface area contributed by atoms with Crippen LogP contribution in [0.5, 0.6) is 0 Å². The minimum Gasteiger partial charge on any atom is -0.388 e. The lowest BCUT2D eigenvalue weighted by atomic mass is 10.0. The van der Waals surface area contributed by atoms with Crippen molar-refractivity contribution >= 4 is 0 Å². The first-order valence-corrected chi connectivity index (χ1v) is 5.16. The Kier molecular flexibility index (Phi) is 2.77. The van der Waals surface area contributed by atoms with Crippen LogP contribution in [0.3, 0.4) is 0 Å². The van der Waals surface area contributed by atoms with Gasteiger partial charge in [0.05, 0.1) is 6.10 Å². The van der Waals surface area contributed by atoms with Gasteiger partial charge in [-0.15, -0.1) is 0 Å². The minimum atomic E-state index is -0.694. The van der Waals surface area contributed by atoms with E-state index in [1.807, 2.05) is 13.8 Å². The van der Waals surface area contributed by atoms with Gasteiger partial charge in [-0.05, 0) is 20.8 Å². The van der Waals surface area contributed by atoms with Gasteiger partial charge in [0.1, 0.15) is 18.3 Å². The molecule has 0 saturated carbocycles. The van der Waals surface area contributed by atoms with Crippen molar-refractivity contribution in [3.05, 3.63) is 0 Å². The largest absolute Gasteiger partial charge is 0.388 e. The highest BCUT2D eigenvalue weighted by Gasteiger charge is 2.54. The zero-order valence-corrected chi connectivity index (χ0v) is 9.47. The van der Waals surface area contributed by atoms with E-state index in [1.165, 1.54) is 0 Å². The lowest BCUT2D eigenvalue weighted by Crippen LogP contribution is -2.55. The summed E-state index contributed by atoms with van der Waals surface area (Å²) in [6.07, 6.45) is -2.21. The van der Waals surface area contributed by atoms with E-state index >= 15 is 0 Å². The maximum Gasteiger partial charge on any atom is 0.186 e. The van der Waals surface area contributed by atoms with Crippen molar-refractivity contribution < 1.29 is 24.1 Å². The molecule has 0 spiro atoms. The van der Waals surface area contributed by atoms with E-state index in [4.69, 9.17) is 18.9 Å². The second-order valence-corrected chi connectivity index (χ2v) is 4.50. The number of fused-ring (bicyclic) bond motifs is 1. The Morgan fingerprint density at radius 2 is 1.80 bits per heavy atom. The molecule has 0 aromatic carbocycles. The van der Waals surface area contributed by atoms with Crippen molar-refractivity contribution in [3.8, 4) is 0 Å². The first-order chi connectivity index (χ1) is 6.94. The SMILES string of the molecule is CO[C@H]1O[C@H](C)[C@H](O)[C@@H]2OC(C)(C)O[C@@H]12. The molecule has 0 unspecified atom stereocenters. The van der Waals surface area contributed by atoms with E-state index < -0.39 is 18.2 Å². The highest BCUT2D eigenvalue weighted by molar-refractivity contribution is 4.94. The molecule has 0 bridgehead atoms. The standard InChI is InChI=1S/C10H18O5/c1-5-6(11)7-8(9(12-4)13-5)15-10(2,3)14-7/h5-9,11H,1-4H3/t5-,6+,7+,8-,9+/m1/s1. The van der Waals surface area contributed by atoms with Gasteiger partial charge in [-0.25, -0.2) is 0 Å². The highest BCUT2D eigenvalue weighted by Crippen LogP contribution is 2.37. The Bertz CT molecular complexity index is 234. The number of aliphatic hydroxyl groups is 1. The Hall–Kier alpha value is -0.200. The fourth-order valence-electron chi connectivity index (χ4n) is 2.12. The van der Waals surface area contributed by atoms with E-state index in [1.54, 1.807) is 14.0 Å². The number of methoxy groups -OCH3 is 1. The summed E-state index contributed by atoms with van der Waals surface area (Å²) in [5.74, 6) is -0.694. The van der Waals surface area contributed by atoms with Gasteiger partial charge in [-0.1, -0.05) is 0 Å². The highest BCUT2D eigenvalue weighted by atomic mass is 16.8. The second kappa shape index (κ2) is 3.68. The van der Waals surface area contributed by atoms with Crippen LogP contribution >= 0.6 is 0 Å². The zero-order chi connectivity index (χ0) is 11.2. The Balaban J connectivity index is 2.18. The number of hydrogen-bond donors (Lipinski definition) is 1. The average Bonchev–Trinajstić information content (AvgIpc) is 2.48. The van der Waals surface area contributed by atoms with E-state index in [9.17, 15) is 5.11 Å². The maximum absolute atomic E-state index is 9.91. The van der Waals surface area contributed by atoms with Crippen LogP contribution in [0, 0.1) is 0 Å². The summed E-state index contributed by atoms with van der Waals surface area (Å²) in [6.45, 7) is 5.42. The summed E-state index contributed by atoms with van der Waals surface area (Å²) in [5.41, 5.74) is 0. The first kappa shape index (κ1) is 11.3. The molecular formula is C10H18O5. The fraction of sp³-hybridized carbons (Fsp3) is 1.00. The number of rotatable bonds is 1. The molecule has 0 aromatic heterocycles. The van der Waals surface area contributed by atoms with Crippen molar-refractivity contribution in [3.63, 3.8) is 0 Å². The molecule has 1 N–H and O–H groups in total. The van der Waals surface area contributed by atoms with Crippen LogP contribution in [0.1, 0.15) is 20.8 Å². The molecule has 2 aliphatic rings. The third-order valence-electron chi connectivity index (χ3n) is 2.83. The van der Waals surface area contributed by atoms with Crippen molar-refractivity contribution in [1.82, 2.24) is 0 Å². The molecule has 15 heavy (non-hydrogen) atoms. The molecule has 88 valence electrons. The summed E-state index contributed by atoms with van der Waals surface area (Å²) in [7, 11) is 1.56. The summed E-state index contributed by atoms with van der Waals surface area (Å²) in [5, 5.41) is 9.91. The van der Waals surface area contributed by atoms with Crippen LogP contribution < -0.4 is 0 Å². The molecule has 5 heteroatoms. The molecule has 0 radical (unpaired) electrons. The number of ether oxygens (including phenoxy) is 4. The van der Waals surface area contributed by atoms with Gasteiger partial charge in [0.2, 0.25) is 0 Å². The second-order valence-electron chi connectivity index (χ2n) is 4.50. The smallest absolute Gasteiger partial charge is 0.186 e. The average molecular weight is 218 g/mol. The molecule has 5 nitrogen and oxygen atoms in total. The maximum atomic E-state index is 9.91. The van der Waals surface area contributed by atoms with E-state index in [0.717, 1.165) is 0 Å². The minimum absolute atomic E-state index is 0.311. The quantitative estimate of drug-likeness (QED) is 0.684. The molecule has 2 aliphatic heterocycles. The molecular weight excluding hydrogens is 200 g/mol. The van der Waals surface area contributed by atoms with Crippen LogP contribution in [-0.2, 0) is 18.9 Å². The topological polar surface area (TPSA) is 57.2 Å². The molecule has 2 rings (SSSR count). The van der Waals surface area contributed by atoms with Crippen molar-refractivity contribution in [2.45, 2.75) is 57.3 Å². The molecule has 0 amide bonds. The van der Waals surface area contributed by atoms with Crippen molar-refractivity contribution in [2.75, 3.05) is 7.11 Å². The molecule has 2 saturated heterocycles. The fourth-order valence-corrected chi connectivity index (χ4v) is 2.12. The van der Waals surface area contributed by atoms with Crippen molar-refractivity contribution in [2.24, 2.45) is 0 Å².